The third kappa shape index (κ3) is 2.27. The Kier molecular flexibility index (Phi) is 2.98. The van der Waals surface area contributed by atoms with E-state index in [4.69, 9.17) is 11.6 Å². The average molecular weight is 287 g/mol. The van der Waals surface area contributed by atoms with Crippen molar-refractivity contribution in [2.24, 2.45) is 0 Å². The second-order valence-electron chi connectivity index (χ2n) is 5.74. The molecular weight excluding hydrogens is 272 g/mol. The molecule has 0 aliphatic rings. The van der Waals surface area contributed by atoms with Crippen LogP contribution < -0.4 is 0 Å². The molecule has 0 aliphatic carbocycles. The first-order chi connectivity index (χ1) is 9.45. The fourth-order valence-corrected chi connectivity index (χ4v) is 2.18. The van der Waals surface area contributed by atoms with Crippen LogP contribution in [0.2, 0.25) is 5.15 Å². The predicted octanol–water partition coefficient (Wildman–Crippen LogP) is 3.77. The van der Waals surface area contributed by atoms with Crippen LogP contribution in [0.25, 0.3) is 16.7 Å². The van der Waals surface area contributed by atoms with Gasteiger partial charge in [0, 0.05) is 16.9 Å². The van der Waals surface area contributed by atoms with E-state index in [2.05, 4.69) is 35.8 Å². The summed E-state index contributed by atoms with van der Waals surface area (Å²) >= 11 is 6.13. The van der Waals surface area contributed by atoms with Crippen molar-refractivity contribution in [2.45, 2.75) is 26.2 Å². The Balaban J connectivity index is 2.22. The van der Waals surface area contributed by atoms with Crippen molar-refractivity contribution in [1.29, 1.82) is 0 Å². The molecule has 0 amide bonds. The van der Waals surface area contributed by atoms with Gasteiger partial charge in [0.25, 0.3) is 0 Å². The highest BCUT2D eigenvalue weighted by atomic mass is 35.5. The van der Waals surface area contributed by atoms with Crippen molar-refractivity contribution in [3.63, 3.8) is 0 Å². The van der Waals surface area contributed by atoms with Gasteiger partial charge >= 0.3 is 0 Å². The van der Waals surface area contributed by atoms with Crippen LogP contribution in [0.15, 0.2) is 36.5 Å². The zero-order valence-electron chi connectivity index (χ0n) is 11.6. The zero-order chi connectivity index (χ0) is 14.3. The van der Waals surface area contributed by atoms with Crippen molar-refractivity contribution >= 4 is 22.5 Å². The molecular formula is C15H15ClN4. The van der Waals surface area contributed by atoms with Gasteiger partial charge in [-0.15, -0.1) is 0 Å². The molecule has 0 atom stereocenters. The van der Waals surface area contributed by atoms with Gasteiger partial charge < -0.3 is 0 Å². The van der Waals surface area contributed by atoms with Gasteiger partial charge in [-0.3, -0.25) is 0 Å². The minimum atomic E-state index is -0.164. The van der Waals surface area contributed by atoms with Crippen LogP contribution in [-0.2, 0) is 5.41 Å². The molecule has 2 heterocycles. The zero-order valence-corrected chi connectivity index (χ0v) is 12.4. The summed E-state index contributed by atoms with van der Waals surface area (Å²) in [6.07, 6.45) is 1.82. The first kappa shape index (κ1) is 13.1. The molecule has 0 saturated carbocycles. The number of nitrogens with zero attached hydrogens (tertiary/aromatic N) is 4. The van der Waals surface area contributed by atoms with E-state index in [9.17, 15) is 0 Å². The highest BCUT2D eigenvalue weighted by molar-refractivity contribution is 6.29. The largest absolute Gasteiger partial charge is 0.220 e. The minimum Gasteiger partial charge on any atom is -0.220 e. The number of hydrogen-bond donors (Lipinski definition) is 0. The van der Waals surface area contributed by atoms with Crippen LogP contribution in [0.1, 0.15) is 26.6 Å². The maximum absolute atomic E-state index is 6.13. The summed E-state index contributed by atoms with van der Waals surface area (Å²) in [6, 6.07) is 9.73. The van der Waals surface area contributed by atoms with Crippen LogP contribution in [0.3, 0.4) is 0 Å². The van der Waals surface area contributed by atoms with Gasteiger partial charge in [0.15, 0.2) is 5.82 Å². The van der Waals surface area contributed by atoms with Crippen molar-refractivity contribution in [3.05, 3.63) is 47.5 Å². The fraction of sp³-hybridized carbons (Fsp3) is 0.267. The third-order valence-electron chi connectivity index (χ3n) is 3.05. The van der Waals surface area contributed by atoms with E-state index >= 15 is 0 Å². The molecule has 0 fully saturated rings. The van der Waals surface area contributed by atoms with Gasteiger partial charge in [-0.2, -0.15) is 5.10 Å². The van der Waals surface area contributed by atoms with Crippen molar-refractivity contribution in [3.8, 4) is 5.82 Å². The van der Waals surface area contributed by atoms with E-state index in [0.29, 0.717) is 16.8 Å². The number of benzene rings is 1. The fourth-order valence-electron chi connectivity index (χ4n) is 2.00. The van der Waals surface area contributed by atoms with Gasteiger partial charge in [0.05, 0.1) is 11.7 Å². The van der Waals surface area contributed by atoms with Crippen molar-refractivity contribution in [2.75, 3.05) is 0 Å². The molecule has 1 aromatic carbocycles. The summed E-state index contributed by atoms with van der Waals surface area (Å²) in [5.41, 5.74) is 0.838. The quantitative estimate of drug-likeness (QED) is 0.640. The first-order valence-corrected chi connectivity index (χ1v) is 6.81. The topological polar surface area (TPSA) is 43.6 Å². The Morgan fingerprint density at radius 1 is 1.10 bits per heavy atom. The number of rotatable bonds is 1. The van der Waals surface area contributed by atoms with Crippen molar-refractivity contribution in [1.82, 2.24) is 19.7 Å². The molecule has 3 aromatic rings. The SMILES string of the molecule is CC(C)(C)c1nc(Cl)cc(-n2ncc3ccccc32)n1. The lowest BCUT2D eigenvalue weighted by Gasteiger charge is -2.17. The van der Waals surface area contributed by atoms with Gasteiger partial charge in [-0.1, -0.05) is 50.6 Å². The summed E-state index contributed by atoms with van der Waals surface area (Å²) < 4.78 is 1.79. The Hall–Kier alpha value is -1.94. The summed E-state index contributed by atoms with van der Waals surface area (Å²) in [6.45, 7) is 6.18. The van der Waals surface area contributed by atoms with E-state index in [1.807, 2.05) is 30.5 Å². The molecule has 20 heavy (non-hydrogen) atoms. The minimum absolute atomic E-state index is 0.164. The lowest BCUT2D eigenvalue weighted by atomic mass is 9.96. The molecule has 0 spiro atoms. The second kappa shape index (κ2) is 4.56. The lowest BCUT2D eigenvalue weighted by molar-refractivity contribution is 0.542. The van der Waals surface area contributed by atoms with Crippen LogP contribution in [0, 0.1) is 0 Å². The molecule has 5 heteroatoms. The maximum Gasteiger partial charge on any atom is 0.159 e. The second-order valence-corrected chi connectivity index (χ2v) is 6.12. The molecule has 4 nitrogen and oxygen atoms in total. The number of hydrogen-bond acceptors (Lipinski definition) is 3. The molecule has 0 radical (unpaired) electrons. The highest BCUT2D eigenvalue weighted by Crippen LogP contribution is 2.23. The van der Waals surface area contributed by atoms with E-state index in [-0.39, 0.29) is 5.41 Å². The third-order valence-corrected chi connectivity index (χ3v) is 3.24. The summed E-state index contributed by atoms with van der Waals surface area (Å²) in [7, 11) is 0. The van der Waals surface area contributed by atoms with Crippen LogP contribution >= 0.6 is 11.6 Å². The number of aromatic nitrogens is 4. The molecule has 0 N–H and O–H groups in total. The van der Waals surface area contributed by atoms with Gasteiger partial charge in [-0.25, -0.2) is 14.6 Å². The van der Waals surface area contributed by atoms with Gasteiger partial charge in [-0.05, 0) is 6.07 Å². The van der Waals surface area contributed by atoms with E-state index in [1.54, 1.807) is 10.7 Å². The van der Waals surface area contributed by atoms with E-state index in [0.717, 1.165) is 10.9 Å². The molecule has 2 aromatic heterocycles. The lowest BCUT2D eigenvalue weighted by Crippen LogP contribution is -2.17. The number of halogens is 1. The highest BCUT2D eigenvalue weighted by Gasteiger charge is 2.19. The van der Waals surface area contributed by atoms with Gasteiger partial charge in [0.2, 0.25) is 0 Å². The molecule has 0 saturated heterocycles. The molecule has 3 rings (SSSR count). The summed E-state index contributed by atoms with van der Waals surface area (Å²) in [4.78, 5) is 8.91. The standard InChI is InChI=1S/C15H15ClN4/c1-15(2,3)14-18-12(16)8-13(19-14)20-11-7-5-4-6-10(11)9-17-20/h4-9H,1-3H3. The number of para-hydroxylation sites is 1. The van der Waals surface area contributed by atoms with Crippen LogP contribution in [0.4, 0.5) is 0 Å². The molecule has 0 aliphatic heterocycles. The van der Waals surface area contributed by atoms with Crippen LogP contribution in [-0.4, -0.2) is 19.7 Å². The Bertz CT molecular complexity index is 771. The predicted molar refractivity (Wildman–Crippen MR) is 80.4 cm³/mol. The van der Waals surface area contributed by atoms with Gasteiger partial charge in [0.1, 0.15) is 11.0 Å². The maximum atomic E-state index is 6.13. The van der Waals surface area contributed by atoms with E-state index < -0.39 is 0 Å². The monoisotopic (exact) mass is 286 g/mol. The molecule has 102 valence electrons. The Morgan fingerprint density at radius 3 is 2.60 bits per heavy atom. The van der Waals surface area contributed by atoms with E-state index in [1.165, 1.54) is 0 Å². The summed E-state index contributed by atoms with van der Waals surface area (Å²) in [5.74, 6) is 1.40. The first-order valence-electron chi connectivity index (χ1n) is 6.43. The molecule has 0 bridgehead atoms. The Morgan fingerprint density at radius 2 is 1.85 bits per heavy atom. The number of fused-ring (bicyclic) bond motifs is 1. The summed E-state index contributed by atoms with van der Waals surface area (Å²) in [5, 5.41) is 5.90. The Labute approximate surface area is 122 Å². The molecule has 0 unspecified atom stereocenters. The average Bonchev–Trinajstić information content (AvgIpc) is 2.80. The smallest absolute Gasteiger partial charge is 0.159 e. The van der Waals surface area contributed by atoms with Crippen molar-refractivity contribution < 1.29 is 0 Å². The normalized spacial score (nSPS) is 12.0. The van der Waals surface area contributed by atoms with Crippen LogP contribution in [0.5, 0.6) is 0 Å².